The zero-order valence-corrected chi connectivity index (χ0v) is 7.23. The number of benzene rings is 1. The number of hydrogen-bond acceptors (Lipinski definition) is 2. The summed E-state index contributed by atoms with van der Waals surface area (Å²) >= 11 is 0. The second kappa shape index (κ2) is 3.35. The minimum atomic E-state index is 0.640. The van der Waals surface area contributed by atoms with E-state index in [1.165, 1.54) is 0 Å². The van der Waals surface area contributed by atoms with E-state index in [2.05, 4.69) is 0 Å². The van der Waals surface area contributed by atoms with Crippen molar-refractivity contribution >= 4 is 11.4 Å². The van der Waals surface area contributed by atoms with E-state index in [0.29, 0.717) is 6.61 Å². The fraction of sp³-hybridized carbons (Fsp3) is 0.0909. The number of ether oxygens (including phenoxy) is 1. The van der Waals surface area contributed by atoms with Crippen molar-refractivity contribution in [1.29, 1.82) is 0 Å². The van der Waals surface area contributed by atoms with Gasteiger partial charge in [0.15, 0.2) is 0 Å². The minimum absolute atomic E-state index is 0.640. The van der Waals surface area contributed by atoms with Crippen LogP contribution in [-0.2, 0) is 4.74 Å². The van der Waals surface area contributed by atoms with Crippen molar-refractivity contribution in [2.24, 2.45) is 0 Å². The molecular weight excluding hydrogens is 162 g/mol. The van der Waals surface area contributed by atoms with Crippen LogP contribution < -0.4 is 5.73 Å². The molecule has 1 aromatic rings. The normalized spacial score (nSPS) is 14.9. The number of rotatable bonds is 1. The van der Waals surface area contributed by atoms with Crippen LogP contribution in [0.15, 0.2) is 42.5 Å². The van der Waals surface area contributed by atoms with Crippen molar-refractivity contribution in [1.82, 2.24) is 0 Å². The van der Waals surface area contributed by atoms with Crippen molar-refractivity contribution in [3.8, 4) is 0 Å². The second-order valence-electron chi connectivity index (χ2n) is 2.90. The van der Waals surface area contributed by atoms with E-state index >= 15 is 0 Å². The Morgan fingerprint density at radius 3 is 2.92 bits per heavy atom. The van der Waals surface area contributed by atoms with Crippen molar-refractivity contribution in [3.05, 3.63) is 48.1 Å². The smallest absolute Gasteiger partial charge is 0.127 e. The summed E-state index contributed by atoms with van der Waals surface area (Å²) in [6.45, 7) is 0.640. The van der Waals surface area contributed by atoms with Gasteiger partial charge < -0.3 is 10.5 Å². The molecule has 1 heterocycles. The summed E-state index contributed by atoms with van der Waals surface area (Å²) < 4.78 is 5.44. The van der Waals surface area contributed by atoms with Gasteiger partial charge in [-0.2, -0.15) is 0 Å². The summed E-state index contributed by atoms with van der Waals surface area (Å²) in [7, 11) is 0. The highest BCUT2D eigenvalue weighted by Crippen LogP contribution is 2.20. The van der Waals surface area contributed by atoms with Gasteiger partial charge in [0.1, 0.15) is 12.4 Å². The summed E-state index contributed by atoms with van der Waals surface area (Å²) in [6, 6.07) is 7.68. The van der Waals surface area contributed by atoms with Crippen LogP contribution in [0.1, 0.15) is 5.56 Å². The van der Waals surface area contributed by atoms with Gasteiger partial charge in [0.25, 0.3) is 0 Å². The van der Waals surface area contributed by atoms with Crippen LogP contribution >= 0.6 is 0 Å². The maximum absolute atomic E-state index is 5.66. The molecule has 0 spiro atoms. The molecule has 1 aliphatic rings. The summed E-state index contributed by atoms with van der Waals surface area (Å²) in [5, 5.41) is 0. The number of nitrogen functional groups attached to an aromatic ring is 1. The predicted octanol–water partition coefficient (Wildman–Crippen LogP) is 2.20. The molecule has 0 saturated carbocycles. The first-order chi connectivity index (χ1) is 6.36. The Morgan fingerprint density at radius 2 is 2.23 bits per heavy atom. The predicted molar refractivity (Wildman–Crippen MR) is 53.9 cm³/mol. The molecule has 66 valence electrons. The first-order valence-corrected chi connectivity index (χ1v) is 4.22. The molecule has 0 atom stereocenters. The van der Waals surface area contributed by atoms with Crippen LogP contribution in [-0.4, -0.2) is 6.61 Å². The van der Waals surface area contributed by atoms with Gasteiger partial charge in [-0.25, -0.2) is 0 Å². The van der Waals surface area contributed by atoms with Gasteiger partial charge in [-0.15, -0.1) is 0 Å². The molecule has 2 nitrogen and oxygen atoms in total. The third kappa shape index (κ3) is 1.72. The quantitative estimate of drug-likeness (QED) is 0.661. The molecule has 0 saturated heterocycles. The zero-order chi connectivity index (χ0) is 9.10. The molecule has 0 radical (unpaired) electrons. The first kappa shape index (κ1) is 7.92. The van der Waals surface area contributed by atoms with Crippen molar-refractivity contribution in [2.45, 2.75) is 0 Å². The lowest BCUT2D eigenvalue weighted by Gasteiger charge is -2.11. The van der Waals surface area contributed by atoms with Gasteiger partial charge in [-0.3, -0.25) is 0 Å². The summed E-state index contributed by atoms with van der Waals surface area (Å²) in [6.07, 6.45) is 5.90. The summed E-state index contributed by atoms with van der Waals surface area (Å²) in [4.78, 5) is 0. The highest BCUT2D eigenvalue weighted by atomic mass is 16.5. The SMILES string of the molecule is Nc1cccc(C2=CC=CCO2)c1. The Hall–Kier alpha value is -1.70. The fourth-order valence-electron chi connectivity index (χ4n) is 1.27. The van der Waals surface area contributed by atoms with Gasteiger partial charge in [-0.1, -0.05) is 18.2 Å². The largest absolute Gasteiger partial charge is 0.489 e. The number of nitrogens with two attached hydrogens (primary N) is 1. The molecule has 0 aliphatic carbocycles. The highest BCUT2D eigenvalue weighted by Gasteiger charge is 2.03. The molecule has 0 aromatic heterocycles. The van der Waals surface area contributed by atoms with Crippen LogP contribution in [0.2, 0.25) is 0 Å². The molecule has 13 heavy (non-hydrogen) atoms. The molecule has 0 unspecified atom stereocenters. The topological polar surface area (TPSA) is 35.2 Å². The van der Waals surface area contributed by atoms with Crippen LogP contribution in [0.3, 0.4) is 0 Å². The summed E-state index contributed by atoms with van der Waals surface area (Å²) in [5.74, 6) is 0.884. The van der Waals surface area contributed by atoms with E-state index < -0.39 is 0 Å². The molecule has 0 fully saturated rings. The Kier molecular flexibility index (Phi) is 2.04. The van der Waals surface area contributed by atoms with Gasteiger partial charge in [-0.05, 0) is 24.3 Å². The molecular formula is C11H11NO. The maximum Gasteiger partial charge on any atom is 0.127 e. The Morgan fingerprint density at radius 1 is 1.31 bits per heavy atom. The lowest BCUT2D eigenvalue weighted by atomic mass is 10.1. The van der Waals surface area contributed by atoms with E-state index in [1.54, 1.807) is 0 Å². The standard InChI is InChI=1S/C11H11NO/c12-10-5-3-4-9(8-10)11-6-1-2-7-13-11/h1-6,8H,7,12H2. The van der Waals surface area contributed by atoms with Crippen LogP contribution in [0.5, 0.6) is 0 Å². The summed E-state index contributed by atoms with van der Waals surface area (Å²) in [5.41, 5.74) is 7.46. The van der Waals surface area contributed by atoms with E-state index in [0.717, 1.165) is 17.0 Å². The van der Waals surface area contributed by atoms with Gasteiger partial charge in [0.05, 0.1) is 0 Å². The average molecular weight is 173 g/mol. The van der Waals surface area contributed by atoms with E-state index in [9.17, 15) is 0 Å². The number of allylic oxidation sites excluding steroid dienone is 2. The Labute approximate surface area is 77.3 Å². The monoisotopic (exact) mass is 173 g/mol. The van der Waals surface area contributed by atoms with Gasteiger partial charge >= 0.3 is 0 Å². The zero-order valence-electron chi connectivity index (χ0n) is 7.23. The van der Waals surface area contributed by atoms with Gasteiger partial charge in [0.2, 0.25) is 0 Å². The van der Waals surface area contributed by atoms with E-state index in [1.807, 2.05) is 42.5 Å². The third-order valence-corrected chi connectivity index (χ3v) is 1.89. The van der Waals surface area contributed by atoms with Crippen molar-refractivity contribution < 1.29 is 4.74 Å². The number of hydrogen-bond donors (Lipinski definition) is 1. The maximum atomic E-state index is 5.66. The molecule has 1 aliphatic heterocycles. The van der Waals surface area contributed by atoms with Crippen LogP contribution in [0, 0.1) is 0 Å². The first-order valence-electron chi connectivity index (χ1n) is 4.22. The van der Waals surface area contributed by atoms with Gasteiger partial charge in [0, 0.05) is 11.3 Å². The van der Waals surface area contributed by atoms with Crippen LogP contribution in [0.4, 0.5) is 5.69 Å². The average Bonchev–Trinajstić information content (AvgIpc) is 2.19. The van der Waals surface area contributed by atoms with Crippen molar-refractivity contribution in [2.75, 3.05) is 12.3 Å². The fourth-order valence-corrected chi connectivity index (χ4v) is 1.27. The Balaban J connectivity index is 2.34. The molecule has 2 rings (SSSR count). The lowest BCUT2D eigenvalue weighted by molar-refractivity contribution is 0.316. The Bertz CT molecular complexity index is 366. The molecule has 1 aromatic carbocycles. The minimum Gasteiger partial charge on any atom is -0.489 e. The molecule has 0 bridgehead atoms. The number of anilines is 1. The molecule has 2 heteroatoms. The van der Waals surface area contributed by atoms with Crippen LogP contribution in [0.25, 0.3) is 5.76 Å². The van der Waals surface area contributed by atoms with Crippen molar-refractivity contribution in [3.63, 3.8) is 0 Å². The highest BCUT2D eigenvalue weighted by molar-refractivity contribution is 5.65. The second-order valence-corrected chi connectivity index (χ2v) is 2.90. The lowest BCUT2D eigenvalue weighted by Crippen LogP contribution is -1.96. The molecule has 2 N–H and O–H groups in total. The van der Waals surface area contributed by atoms with E-state index in [4.69, 9.17) is 10.5 Å². The van der Waals surface area contributed by atoms with E-state index in [-0.39, 0.29) is 0 Å². The molecule has 0 amide bonds. The third-order valence-electron chi connectivity index (χ3n) is 1.89.